The van der Waals surface area contributed by atoms with E-state index in [-0.39, 0.29) is 35.3 Å². The maximum Gasteiger partial charge on any atom is 0.418 e. The van der Waals surface area contributed by atoms with Crippen molar-refractivity contribution in [3.05, 3.63) is 11.8 Å². The third-order valence-electron chi connectivity index (χ3n) is 8.24. The van der Waals surface area contributed by atoms with E-state index in [1.807, 2.05) is 0 Å². The number of nitrogens with zero attached hydrogens (tertiary/aromatic N) is 5. The van der Waals surface area contributed by atoms with Crippen LogP contribution in [-0.2, 0) is 23.8 Å². The van der Waals surface area contributed by atoms with Gasteiger partial charge in [0.15, 0.2) is 8.32 Å². The molecule has 0 radical (unpaired) electrons. The molecule has 3 amide bonds. The Morgan fingerprint density at radius 3 is 2.38 bits per heavy atom. The van der Waals surface area contributed by atoms with Crippen LogP contribution >= 0.6 is 0 Å². The first-order chi connectivity index (χ1) is 18.1. The maximum absolute atomic E-state index is 13.1. The number of hydroxylamine groups is 2. The van der Waals surface area contributed by atoms with E-state index in [1.165, 1.54) is 9.80 Å². The molecule has 14 nitrogen and oxygen atoms in total. The van der Waals surface area contributed by atoms with E-state index in [2.05, 4.69) is 48.3 Å². The average Bonchev–Trinajstić information content (AvgIpc) is 3.26. The number of rotatable bonds is 8. The SMILES string of the molecule is CN(C[C@H](O[Si](C)(C)C(C)(C)C)c1nnc([C@@H]2CC3(CC3)[C@@H]3CN2C(=O)N3OS(=O)(=O)O)o1)C(=O)OC(C)(C)C. The minimum atomic E-state index is -4.88. The van der Waals surface area contributed by atoms with Gasteiger partial charge in [-0.15, -0.1) is 14.5 Å². The first kappa shape index (κ1) is 30.7. The largest absolute Gasteiger partial charge is 0.444 e. The number of ether oxygens (including phenoxy) is 1. The predicted octanol–water partition coefficient (Wildman–Crippen LogP) is 4.07. The fourth-order valence-corrected chi connectivity index (χ4v) is 6.52. The molecule has 1 spiro atoms. The minimum Gasteiger partial charge on any atom is -0.444 e. The zero-order valence-corrected chi connectivity index (χ0v) is 26.4. The van der Waals surface area contributed by atoms with Gasteiger partial charge in [0.25, 0.3) is 0 Å². The number of fused-ring (bicyclic) bond motifs is 3. The summed E-state index contributed by atoms with van der Waals surface area (Å²) in [5.74, 6) is 0.352. The Bertz CT molecular complexity index is 1250. The van der Waals surface area contributed by atoms with Gasteiger partial charge in [-0.25, -0.2) is 9.59 Å². The Morgan fingerprint density at radius 1 is 1.23 bits per heavy atom. The molecule has 4 rings (SSSR count). The standard InChI is InChI=1S/C24H41N5O9SSi/c1-22(2,3)36-21(31)27(7)13-16(37-40(8,9)23(4,5)6)19-26-25-18(35-19)15-12-24(10-11-24)17-14-28(15)20(30)29(17)38-39(32,33)34/h15-17H,10-14H2,1-9H3,(H,32,33,34)/t15-,16-,17-/m0/s1. The third kappa shape index (κ3) is 6.30. The van der Waals surface area contributed by atoms with Gasteiger partial charge < -0.3 is 23.4 Å². The summed E-state index contributed by atoms with van der Waals surface area (Å²) in [6.45, 7) is 16.1. The van der Waals surface area contributed by atoms with E-state index >= 15 is 0 Å². The van der Waals surface area contributed by atoms with Crippen LogP contribution in [0.3, 0.4) is 0 Å². The summed E-state index contributed by atoms with van der Waals surface area (Å²) in [4.78, 5) is 28.7. The highest BCUT2D eigenvalue weighted by atomic mass is 32.3. The van der Waals surface area contributed by atoms with Gasteiger partial charge in [0, 0.05) is 13.6 Å². The number of piperidine rings is 1. The molecule has 3 aliphatic rings. The summed E-state index contributed by atoms with van der Waals surface area (Å²) in [5.41, 5.74) is -1.05. The molecule has 2 aliphatic heterocycles. The number of aromatic nitrogens is 2. The van der Waals surface area contributed by atoms with Crippen LogP contribution in [-0.4, -0.2) is 90.3 Å². The first-order valence-corrected chi connectivity index (χ1v) is 17.6. The van der Waals surface area contributed by atoms with Gasteiger partial charge in [-0.3, -0.25) is 4.55 Å². The summed E-state index contributed by atoms with van der Waals surface area (Å²) < 4.78 is 55.0. The summed E-state index contributed by atoms with van der Waals surface area (Å²) >= 11 is 0. The number of carbonyl (C=O) groups is 2. The average molecular weight is 604 g/mol. The second-order valence-corrected chi connectivity index (χ2v) is 19.3. The second kappa shape index (κ2) is 9.92. The lowest BCUT2D eigenvalue weighted by molar-refractivity contribution is -0.0530. The summed E-state index contributed by atoms with van der Waals surface area (Å²) in [6.07, 6.45) is 0.729. The first-order valence-electron chi connectivity index (χ1n) is 13.3. The van der Waals surface area contributed by atoms with Crippen molar-refractivity contribution in [2.24, 2.45) is 5.41 Å². The Morgan fingerprint density at radius 2 is 1.85 bits per heavy atom. The molecule has 1 saturated carbocycles. The predicted molar refractivity (Wildman–Crippen MR) is 144 cm³/mol. The highest BCUT2D eigenvalue weighted by molar-refractivity contribution is 7.80. The van der Waals surface area contributed by atoms with Crippen LogP contribution in [0.5, 0.6) is 0 Å². The van der Waals surface area contributed by atoms with Crippen LogP contribution in [0.2, 0.25) is 18.1 Å². The smallest absolute Gasteiger partial charge is 0.418 e. The lowest BCUT2D eigenvalue weighted by Gasteiger charge is -2.39. The zero-order chi connectivity index (χ0) is 30.1. The Balaban J connectivity index is 1.61. The van der Waals surface area contributed by atoms with Gasteiger partial charge in [-0.1, -0.05) is 20.8 Å². The third-order valence-corrected chi connectivity index (χ3v) is 13.1. The fraction of sp³-hybridized carbons (Fsp3) is 0.833. The molecule has 3 atom stereocenters. The molecule has 1 aromatic heterocycles. The van der Waals surface area contributed by atoms with Crippen molar-refractivity contribution in [2.45, 2.75) is 103 Å². The summed E-state index contributed by atoms with van der Waals surface area (Å²) in [6, 6.07) is -1.83. The van der Waals surface area contributed by atoms with Gasteiger partial charge >= 0.3 is 22.5 Å². The highest BCUT2D eigenvalue weighted by Gasteiger charge is 2.65. The Hall–Kier alpha value is -2.27. The molecule has 226 valence electrons. The lowest BCUT2D eigenvalue weighted by Crippen LogP contribution is -2.45. The summed E-state index contributed by atoms with van der Waals surface area (Å²) in [5, 5.41) is 9.16. The van der Waals surface area contributed by atoms with Crippen LogP contribution in [0, 0.1) is 5.41 Å². The van der Waals surface area contributed by atoms with Crippen molar-refractivity contribution in [1.29, 1.82) is 0 Å². The van der Waals surface area contributed by atoms with Crippen LogP contribution < -0.4 is 0 Å². The molecule has 1 aliphatic carbocycles. The molecule has 2 bridgehead atoms. The molecular weight excluding hydrogens is 562 g/mol. The zero-order valence-electron chi connectivity index (χ0n) is 24.6. The van der Waals surface area contributed by atoms with E-state index in [0.717, 1.165) is 17.9 Å². The lowest BCUT2D eigenvalue weighted by atomic mass is 9.85. The van der Waals surface area contributed by atoms with Crippen LogP contribution in [0.25, 0.3) is 0 Å². The number of amides is 3. The van der Waals surface area contributed by atoms with Gasteiger partial charge in [-0.2, -0.15) is 13.5 Å². The monoisotopic (exact) mass is 603 g/mol. The second-order valence-electron chi connectivity index (χ2n) is 13.6. The van der Waals surface area contributed by atoms with Crippen molar-refractivity contribution in [3.8, 4) is 0 Å². The van der Waals surface area contributed by atoms with Crippen molar-refractivity contribution in [3.63, 3.8) is 0 Å². The van der Waals surface area contributed by atoms with Crippen molar-refractivity contribution >= 4 is 30.8 Å². The van der Waals surface area contributed by atoms with E-state index < -0.39 is 54.6 Å². The molecule has 40 heavy (non-hydrogen) atoms. The molecule has 1 N–H and O–H groups in total. The van der Waals surface area contributed by atoms with E-state index in [1.54, 1.807) is 27.8 Å². The number of likely N-dealkylation sites (N-methyl/N-ethyl adjacent to an activating group) is 1. The molecule has 3 fully saturated rings. The minimum absolute atomic E-state index is 0.0956. The number of hydrogen-bond acceptors (Lipinski definition) is 10. The van der Waals surface area contributed by atoms with Crippen molar-refractivity contribution < 1.29 is 40.4 Å². The number of urea groups is 1. The highest BCUT2D eigenvalue weighted by Crippen LogP contribution is 2.62. The molecular formula is C24H41N5O9SSi. The molecule has 16 heteroatoms. The van der Waals surface area contributed by atoms with Gasteiger partial charge in [-0.05, 0) is 63.6 Å². The molecule has 1 aromatic rings. The van der Waals surface area contributed by atoms with E-state index in [9.17, 15) is 22.6 Å². The fourth-order valence-electron chi connectivity index (χ4n) is 4.91. The molecule has 0 unspecified atom stereocenters. The van der Waals surface area contributed by atoms with Crippen molar-refractivity contribution in [2.75, 3.05) is 20.1 Å². The van der Waals surface area contributed by atoms with Crippen LogP contribution in [0.15, 0.2) is 4.42 Å². The number of carbonyl (C=O) groups excluding carboxylic acids is 2. The van der Waals surface area contributed by atoms with E-state index in [4.69, 9.17) is 13.6 Å². The Labute approximate surface area is 236 Å². The maximum atomic E-state index is 13.1. The van der Waals surface area contributed by atoms with Crippen LogP contribution in [0.4, 0.5) is 9.59 Å². The van der Waals surface area contributed by atoms with Gasteiger partial charge in [0.05, 0.1) is 12.6 Å². The number of hydrogen-bond donors (Lipinski definition) is 1. The van der Waals surface area contributed by atoms with Crippen LogP contribution in [0.1, 0.15) is 84.7 Å². The normalized spacial score (nSPS) is 23.5. The molecule has 2 saturated heterocycles. The van der Waals surface area contributed by atoms with E-state index in [0.29, 0.717) is 6.42 Å². The van der Waals surface area contributed by atoms with Crippen molar-refractivity contribution in [1.82, 2.24) is 25.1 Å². The quantitative estimate of drug-likeness (QED) is 0.336. The molecule has 3 heterocycles. The van der Waals surface area contributed by atoms with Gasteiger partial charge in [0.1, 0.15) is 17.7 Å². The Kier molecular flexibility index (Phi) is 7.61. The van der Waals surface area contributed by atoms with Gasteiger partial charge in [0.2, 0.25) is 11.8 Å². The topological polar surface area (TPSA) is 165 Å². The summed E-state index contributed by atoms with van der Waals surface area (Å²) in [7, 11) is -5.64. The molecule has 0 aromatic carbocycles.